The summed E-state index contributed by atoms with van der Waals surface area (Å²) in [6.07, 6.45) is 5.68. The average molecular weight is 281 g/mol. The minimum absolute atomic E-state index is 0.748. The summed E-state index contributed by atoms with van der Waals surface area (Å²) in [7, 11) is 0. The van der Waals surface area contributed by atoms with Crippen LogP contribution in [0.15, 0.2) is 0 Å². The number of piperidine rings is 1. The lowest BCUT2D eigenvalue weighted by molar-refractivity contribution is 0.217. The molecule has 3 heteroatoms. The highest BCUT2D eigenvalue weighted by atomic mass is 15.1. The SMILES string of the molecule is CCN(CC)CCCN(CC)CC1CC12CCNCC2. The Balaban J connectivity index is 1.65. The van der Waals surface area contributed by atoms with Gasteiger partial charge in [0.15, 0.2) is 0 Å². The van der Waals surface area contributed by atoms with E-state index in [1.165, 1.54) is 78.0 Å². The van der Waals surface area contributed by atoms with Crippen molar-refractivity contribution >= 4 is 0 Å². The molecule has 0 radical (unpaired) electrons. The molecule has 1 aliphatic carbocycles. The van der Waals surface area contributed by atoms with Crippen molar-refractivity contribution < 1.29 is 0 Å². The molecule has 3 nitrogen and oxygen atoms in total. The predicted octanol–water partition coefficient (Wildman–Crippen LogP) is 2.43. The molecule has 1 unspecified atom stereocenters. The zero-order chi connectivity index (χ0) is 14.4. The highest BCUT2D eigenvalue weighted by Crippen LogP contribution is 2.58. The lowest BCUT2D eigenvalue weighted by atomic mass is 9.92. The molecule has 0 aromatic carbocycles. The normalized spacial score (nSPS) is 24.8. The Bertz CT molecular complexity index is 269. The van der Waals surface area contributed by atoms with Gasteiger partial charge in [0.25, 0.3) is 0 Å². The molecule has 118 valence electrons. The van der Waals surface area contributed by atoms with Crippen LogP contribution in [0.3, 0.4) is 0 Å². The van der Waals surface area contributed by atoms with Crippen molar-refractivity contribution in [3.63, 3.8) is 0 Å². The van der Waals surface area contributed by atoms with Gasteiger partial charge in [-0.2, -0.15) is 0 Å². The molecule has 2 rings (SSSR count). The van der Waals surface area contributed by atoms with Crippen LogP contribution in [0.2, 0.25) is 0 Å². The standard InChI is InChI=1S/C17H35N3/c1-4-19(5-2)12-7-13-20(6-3)15-16-14-17(16)8-10-18-11-9-17/h16,18H,4-15H2,1-3H3. The summed E-state index contributed by atoms with van der Waals surface area (Å²) in [5.41, 5.74) is 0.748. The molecule has 20 heavy (non-hydrogen) atoms. The third-order valence-corrected chi connectivity index (χ3v) is 5.73. The van der Waals surface area contributed by atoms with E-state index in [2.05, 4.69) is 35.9 Å². The lowest BCUT2D eigenvalue weighted by Gasteiger charge is -2.27. The Labute approximate surface area is 126 Å². The molecule has 0 aromatic rings. The van der Waals surface area contributed by atoms with Crippen molar-refractivity contribution in [2.24, 2.45) is 11.3 Å². The van der Waals surface area contributed by atoms with E-state index >= 15 is 0 Å². The second-order valence-electron chi connectivity index (χ2n) is 6.79. The minimum atomic E-state index is 0.748. The molecule has 1 aliphatic heterocycles. The fraction of sp³-hybridized carbons (Fsp3) is 1.00. The van der Waals surface area contributed by atoms with Gasteiger partial charge in [0.2, 0.25) is 0 Å². The molecule has 0 aromatic heterocycles. The van der Waals surface area contributed by atoms with Crippen LogP contribution in [0.25, 0.3) is 0 Å². The lowest BCUT2D eigenvalue weighted by Crippen LogP contribution is -2.34. The highest BCUT2D eigenvalue weighted by Gasteiger charge is 2.53. The van der Waals surface area contributed by atoms with Gasteiger partial charge in [-0.25, -0.2) is 0 Å². The number of hydrogen-bond donors (Lipinski definition) is 1. The maximum absolute atomic E-state index is 3.51. The summed E-state index contributed by atoms with van der Waals surface area (Å²) >= 11 is 0. The number of nitrogens with one attached hydrogen (secondary N) is 1. The van der Waals surface area contributed by atoms with E-state index in [-0.39, 0.29) is 0 Å². The van der Waals surface area contributed by atoms with Gasteiger partial charge < -0.3 is 15.1 Å². The maximum Gasteiger partial charge on any atom is 0.00151 e. The molecule has 1 spiro atoms. The van der Waals surface area contributed by atoms with Crippen LogP contribution in [0.1, 0.15) is 46.5 Å². The third kappa shape index (κ3) is 4.19. The Kier molecular flexibility index (Phi) is 6.31. The van der Waals surface area contributed by atoms with Crippen LogP contribution < -0.4 is 5.32 Å². The van der Waals surface area contributed by atoms with E-state index in [0.717, 1.165) is 11.3 Å². The number of nitrogens with zero attached hydrogens (tertiary/aromatic N) is 2. The molecule has 1 atom stereocenters. The van der Waals surface area contributed by atoms with E-state index in [0.29, 0.717) is 0 Å². The number of rotatable bonds is 9. The Morgan fingerprint density at radius 2 is 1.55 bits per heavy atom. The second-order valence-corrected chi connectivity index (χ2v) is 6.79. The molecule has 2 fully saturated rings. The van der Waals surface area contributed by atoms with Crippen molar-refractivity contribution in [3.05, 3.63) is 0 Å². The molecule has 1 heterocycles. The summed E-state index contributed by atoms with van der Waals surface area (Å²) < 4.78 is 0. The fourth-order valence-electron chi connectivity index (χ4n) is 3.97. The number of hydrogen-bond acceptors (Lipinski definition) is 3. The van der Waals surface area contributed by atoms with Gasteiger partial charge in [-0.1, -0.05) is 20.8 Å². The minimum Gasteiger partial charge on any atom is -0.317 e. The van der Waals surface area contributed by atoms with Gasteiger partial charge in [0.1, 0.15) is 0 Å². The van der Waals surface area contributed by atoms with Gasteiger partial charge in [-0.3, -0.25) is 0 Å². The smallest absolute Gasteiger partial charge is 0.00151 e. The Morgan fingerprint density at radius 3 is 2.15 bits per heavy atom. The quantitative estimate of drug-likeness (QED) is 0.700. The first-order chi connectivity index (χ1) is 9.74. The molecule has 2 aliphatic rings. The van der Waals surface area contributed by atoms with Gasteiger partial charge >= 0.3 is 0 Å². The molecule has 0 bridgehead atoms. The Morgan fingerprint density at radius 1 is 0.950 bits per heavy atom. The first-order valence-corrected chi connectivity index (χ1v) is 8.89. The van der Waals surface area contributed by atoms with Gasteiger partial charge in [0.05, 0.1) is 0 Å². The largest absolute Gasteiger partial charge is 0.317 e. The first kappa shape index (κ1) is 16.3. The second kappa shape index (κ2) is 7.77. The van der Waals surface area contributed by atoms with Crippen LogP contribution in [0.4, 0.5) is 0 Å². The van der Waals surface area contributed by atoms with E-state index in [1.807, 2.05) is 0 Å². The highest BCUT2D eigenvalue weighted by molar-refractivity contribution is 5.05. The van der Waals surface area contributed by atoms with Crippen molar-refractivity contribution in [3.8, 4) is 0 Å². The molecule has 0 amide bonds. The molecule has 1 saturated carbocycles. The van der Waals surface area contributed by atoms with E-state index in [1.54, 1.807) is 0 Å². The van der Waals surface area contributed by atoms with Crippen LogP contribution in [-0.4, -0.2) is 62.2 Å². The Hall–Kier alpha value is -0.120. The zero-order valence-electron chi connectivity index (χ0n) is 14.0. The maximum atomic E-state index is 3.51. The van der Waals surface area contributed by atoms with Gasteiger partial charge in [-0.15, -0.1) is 0 Å². The van der Waals surface area contributed by atoms with Gasteiger partial charge in [0, 0.05) is 6.54 Å². The van der Waals surface area contributed by atoms with E-state index < -0.39 is 0 Å². The zero-order valence-corrected chi connectivity index (χ0v) is 14.0. The summed E-state index contributed by atoms with van der Waals surface area (Å²) in [6.45, 7) is 16.9. The van der Waals surface area contributed by atoms with E-state index in [4.69, 9.17) is 0 Å². The van der Waals surface area contributed by atoms with Gasteiger partial charge in [-0.05, 0) is 82.8 Å². The van der Waals surface area contributed by atoms with Crippen LogP contribution in [0, 0.1) is 11.3 Å². The van der Waals surface area contributed by atoms with Crippen LogP contribution >= 0.6 is 0 Å². The molecule has 1 N–H and O–H groups in total. The molecule has 1 saturated heterocycles. The molecular weight excluding hydrogens is 246 g/mol. The van der Waals surface area contributed by atoms with E-state index in [9.17, 15) is 0 Å². The third-order valence-electron chi connectivity index (χ3n) is 5.73. The first-order valence-electron chi connectivity index (χ1n) is 8.89. The summed E-state index contributed by atoms with van der Waals surface area (Å²) in [5, 5.41) is 3.51. The monoisotopic (exact) mass is 281 g/mol. The van der Waals surface area contributed by atoms with Crippen LogP contribution in [0.5, 0.6) is 0 Å². The van der Waals surface area contributed by atoms with Crippen molar-refractivity contribution in [2.45, 2.75) is 46.5 Å². The van der Waals surface area contributed by atoms with Crippen LogP contribution in [-0.2, 0) is 0 Å². The average Bonchev–Trinajstić information content (AvgIpc) is 3.14. The fourth-order valence-corrected chi connectivity index (χ4v) is 3.97. The summed E-state index contributed by atoms with van der Waals surface area (Å²) in [6, 6.07) is 0. The molecular formula is C17H35N3. The topological polar surface area (TPSA) is 18.5 Å². The predicted molar refractivity (Wildman–Crippen MR) is 87.2 cm³/mol. The van der Waals surface area contributed by atoms with Crippen molar-refractivity contribution in [2.75, 3.05) is 52.4 Å². The van der Waals surface area contributed by atoms with Crippen molar-refractivity contribution in [1.29, 1.82) is 0 Å². The summed E-state index contributed by atoms with van der Waals surface area (Å²) in [5.74, 6) is 0.998. The summed E-state index contributed by atoms with van der Waals surface area (Å²) in [4.78, 5) is 5.24. The van der Waals surface area contributed by atoms with Crippen molar-refractivity contribution in [1.82, 2.24) is 15.1 Å².